The monoisotopic (exact) mass is 331 g/mol. The number of thiophene rings is 1. The minimum absolute atomic E-state index is 0.114. The summed E-state index contributed by atoms with van der Waals surface area (Å²) in [6.07, 6.45) is 0. The van der Waals surface area contributed by atoms with Crippen LogP contribution < -0.4 is 10.6 Å². The fraction of sp³-hybridized carbons (Fsp3) is 0.250. The number of anilines is 1. The molecule has 3 N–H and O–H groups in total. The lowest BCUT2D eigenvalue weighted by Gasteiger charge is -2.22. The van der Waals surface area contributed by atoms with Gasteiger partial charge in [-0.15, -0.1) is 11.3 Å². The van der Waals surface area contributed by atoms with Gasteiger partial charge in [0.1, 0.15) is 11.1 Å². The third-order valence-corrected chi connectivity index (χ3v) is 4.52. The summed E-state index contributed by atoms with van der Waals surface area (Å²) in [7, 11) is 0. The van der Waals surface area contributed by atoms with Crippen LogP contribution in [0.1, 0.15) is 17.7 Å². The highest BCUT2D eigenvalue weighted by atomic mass is 32.1. The van der Waals surface area contributed by atoms with Crippen LogP contribution in [0.4, 0.5) is 10.5 Å². The summed E-state index contributed by atoms with van der Waals surface area (Å²) in [5.41, 5.74) is 0.860. The van der Waals surface area contributed by atoms with Gasteiger partial charge in [0.25, 0.3) is 0 Å². The summed E-state index contributed by atoms with van der Waals surface area (Å²) in [6, 6.07) is 8.56. The smallest absolute Gasteiger partial charge is 0.319 e. The van der Waals surface area contributed by atoms with Gasteiger partial charge < -0.3 is 20.2 Å². The number of nitrogens with one attached hydrogen (secondary N) is 2. The van der Waals surface area contributed by atoms with Crippen LogP contribution in [0.3, 0.4) is 0 Å². The van der Waals surface area contributed by atoms with E-state index in [0.717, 1.165) is 10.4 Å². The van der Waals surface area contributed by atoms with Crippen molar-refractivity contribution >= 4 is 34.2 Å². The van der Waals surface area contributed by atoms with E-state index in [9.17, 15) is 9.90 Å². The van der Waals surface area contributed by atoms with Crippen molar-refractivity contribution in [3.05, 3.63) is 46.5 Å². The van der Waals surface area contributed by atoms with Crippen molar-refractivity contribution in [2.24, 2.45) is 0 Å². The molecule has 1 atom stereocenters. The maximum absolute atomic E-state index is 12.0. The number of hydrogen-bond donors (Lipinski definition) is 3. The van der Waals surface area contributed by atoms with E-state index in [0.29, 0.717) is 17.2 Å². The van der Waals surface area contributed by atoms with Gasteiger partial charge in [-0.3, -0.25) is 0 Å². The van der Waals surface area contributed by atoms with E-state index in [1.165, 1.54) is 11.3 Å². The van der Waals surface area contributed by atoms with Crippen LogP contribution in [0.25, 0.3) is 11.1 Å². The first-order valence-corrected chi connectivity index (χ1v) is 8.00. The normalized spacial score (nSPS) is 13.7. The standard InChI is InChI=1S/C16H17N3O3S/c1-10-18-12-6-5-11(8-13(12)22-10)19-15(20)17-9-16(2,21)14-4-3-7-23-14/h3-8,21H,9H2,1-2H3,(H2,17,19,20). The molecule has 120 valence electrons. The Morgan fingerprint density at radius 1 is 1.43 bits per heavy atom. The number of amides is 2. The van der Waals surface area contributed by atoms with Gasteiger partial charge in [0.15, 0.2) is 11.5 Å². The number of aromatic nitrogens is 1. The van der Waals surface area contributed by atoms with Crippen molar-refractivity contribution in [1.82, 2.24) is 10.3 Å². The Morgan fingerprint density at radius 2 is 2.26 bits per heavy atom. The topological polar surface area (TPSA) is 87.4 Å². The van der Waals surface area contributed by atoms with E-state index in [2.05, 4.69) is 15.6 Å². The maximum atomic E-state index is 12.0. The Morgan fingerprint density at radius 3 is 3.00 bits per heavy atom. The van der Waals surface area contributed by atoms with Crippen LogP contribution in [0.2, 0.25) is 0 Å². The SMILES string of the molecule is Cc1nc2ccc(NC(=O)NCC(C)(O)c3cccs3)cc2o1. The van der Waals surface area contributed by atoms with Crippen molar-refractivity contribution in [1.29, 1.82) is 0 Å². The molecule has 3 aromatic rings. The highest BCUT2D eigenvalue weighted by Crippen LogP contribution is 2.24. The Bertz CT molecular complexity index is 824. The number of urea groups is 1. The number of oxazole rings is 1. The van der Waals surface area contributed by atoms with Crippen LogP contribution in [0.5, 0.6) is 0 Å². The molecule has 3 rings (SSSR count). The Hall–Kier alpha value is -2.38. The van der Waals surface area contributed by atoms with E-state index in [1.54, 1.807) is 32.0 Å². The number of rotatable bonds is 4. The number of benzene rings is 1. The van der Waals surface area contributed by atoms with Crippen LogP contribution in [0.15, 0.2) is 40.1 Å². The largest absolute Gasteiger partial charge is 0.441 e. The summed E-state index contributed by atoms with van der Waals surface area (Å²) >= 11 is 1.45. The first-order valence-electron chi connectivity index (χ1n) is 7.12. The van der Waals surface area contributed by atoms with Crippen molar-refractivity contribution < 1.29 is 14.3 Å². The lowest BCUT2D eigenvalue weighted by Crippen LogP contribution is -2.40. The quantitative estimate of drug-likeness (QED) is 0.685. The average molecular weight is 331 g/mol. The molecular formula is C16H17N3O3S. The number of nitrogens with zero attached hydrogens (tertiary/aromatic N) is 1. The molecule has 1 unspecified atom stereocenters. The van der Waals surface area contributed by atoms with Gasteiger partial charge in [-0.2, -0.15) is 0 Å². The number of carbonyl (C=O) groups excluding carboxylic acids is 1. The molecule has 7 heteroatoms. The zero-order valence-electron chi connectivity index (χ0n) is 12.8. The summed E-state index contributed by atoms with van der Waals surface area (Å²) in [5, 5.41) is 17.7. The molecule has 23 heavy (non-hydrogen) atoms. The second kappa shape index (κ2) is 6.02. The van der Waals surface area contributed by atoms with Gasteiger partial charge in [0.2, 0.25) is 0 Å². The molecule has 2 amide bonds. The molecule has 0 spiro atoms. The van der Waals surface area contributed by atoms with E-state index in [-0.39, 0.29) is 6.54 Å². The van der Waals surface area contributed by atoms with Crippen molar-refractivity contribution in [3.8, 4) is 0 Å². The lowest BCUT2D eigenvalue weighted by atomic mass is 10.1. The first kappa shape index (κ1) is 15.5. The van der Waals surface area contributed by atoms with Crippen molar-refractivity contribution in [3.63, 3.8) is 0 Å². The van der Waals surface area contributed by atoms with Crippen molar-refractivity contribution in [2.45, 2.75) is 19.4 Å². The number of aliphatic hydroxyl groups is 1. The fourth-order valence-electron chi connectivity index (χ4n) is 2.22. The minimum atomic E-state index is -1.10. The molecule has 6 nitrogen and oxygen atoms in total. The van der Waals surface area contributed by atoms with Crippen LogP contribution in [-0.2, 0) is 5.60 Å². The average Bonchev–Trinajstić information content (AvgIpc) is 3.13. The number of fused-ring (bicyclic) bond motifs is 1. The second-order valence-corrected chi connectivity index (χ2v) is 6.42. The summed E-state index contributed by atoms with van der Waals surface area (Å²) in [6.45, 7) is 3.55. The zero-order chi connectivity index (χ0) is 16.4. The van der Waals surface area contributed by atoms with Gasteiger partial charge in [-0.25, -0.2) is 9.78 Å². The molecule has 2 aromatic heterocycles. The van der Waals surface area contributed by atoms with E-state index in [4.69, 9.17) is 4.42 Å². The molecule has 0 saturated heterocycles. The van der Waals surface area contributed by atoms with Gasteiger partial charge in [0, 0.05) is 23.6 Å². The van der Waals surface area contributed by atoms with Crippen LogP contribution >= 0.6 is 11.3 Å². The Balaban J connectivity index is 1.62. The van der Waals surface area contributed by atoms with Gasteiger partial charge in [0.05, 0.1) is 6.54 Å². The maximum Gasteiger partial charge on any atom is 0.319 e. The van der Waals surface area contributed by atoms with E-state index < -0.39 is 11.6 Å². The molecule has 0 aliphatic rings. The highest BCUT2D eigenvalue weighted by Gasteiger charge is 2.24. The molecule has 2 heterocycles. The molecule has 1 aromatic carbocycles. The van der Waals surface area contributed by atoms with Crippen LogP contribution in [-0.4, -0.2) is 22.7 Å². The fourth-order valence-corrected chi connectivity index (χ4v) is 3.00. The summed E-state index contributed by atoms with van der Waals surface area (Å²) in [5.74, 6) is 0.577. The summed E-state index contributed by atoms with van der Waals surface area (Å²) in [4.78, 5) is 17.0. The highest BCUT2D eigenvalue weighted by molar-refractivity contribution is 7.10. The third kappa shape index (κ3) is 3.52. The molecular weight excluding hydrogens is 314 g/mol. The third-order valence-electron chi connectivity index (χ3n) is 3.40. The van der Waals surface area contributed by atoms with E-state index >= 15 is 0 Å². The molecule has 0 bridgehead atoms. The second-order valence-electron chi connectivity index (χ2n) is 5.47. The predicted octanol–water partition coefficient (Wildman–Crippen LogP) is 3.23. The van der Waals surface area contributed by atoms with E-state index in [1.807, 2.05) is 17.5 Å². The molecule has 0 aliphatic carbocycles. The molecule has 0 radical (unpaired) electrons. The number of carbonyl (C=O) groups is 1. The Kier molecular flexibility index (Phi) is 4.06. The van der Waals surface area contributed by atoms with Gasteiger partial charge >= 0.3 is 6.03 Å². The van der Waals surface area contributed by atoms with Crippen LogP contribution in [0, 0.1) is 6.92 Å². The lowest BCUT2D eigenvalue weighted by molar-refractivity contribution is 0.0637. The molecule has 0 fully saturated rings. The van der Waals surface area contributed by atoms with Crippen molar-refractivity contribution in [2.75, 3.05) is 11.9 Å². The number of hydrogen-bond acceptors (Lipinski definition) is 5. The van der Waals surface area contributed by atoms with Gasteiger partial charge in [-0.1, -0.05) is 6.07 Å². The first-order chi connectivity index (χ1) is 10.9. The number of aryl methyl sites for hydroxylation is 1. The molecule has 0 aliphatic heterocycles. The summed E-state index contributed by atoms with van der Waals surface area (Å²) < 4.78 is 5.43. The molecule has 0 saturated carbocycles. The predicted molar refractivity (Wildman–Crippen MR) is 89.7 cm³/mol. The zero-order valence-corrected chi connectivity index (χ0v) is 13.6. The Labute approximate surface area is 137 Å². The van der Waals surface area contributed by atoms with Gasteiger partial charge in [-0.05, 0) is 30.5 Å². The minimum Gasteiger partial charge on any atom is -0.441 e.